The van der Waals surface area contributed by atoms with Crippen LogP contribution in [-0.2, 0) is 0 Å². The zero-order valence-electron chi connectivity index (χ0n) is 9.70. The van der Waals surface area contributed by atoms with E-state index < -0.39 is 0 Å². The molecule has 2 bridgehead atoms. The summed E-state index contributed by atoms with van der Waals surface area (Å²) in [6.07, 6.45) is 10.9. The highest BCUT2D eigenvalue weighted by Gasteiger charge is 2.28. The summed E-state index contributed by atoms with van der Waals surface area (Å²) < 4.78 is 0. The Morgan fingerprint density at radius 2 is 1.60 bits per heavy atom. The predicted octanol–water partition coefficient (Wildman–Crippen LogP) is 2.45. The maximum atomic E-state index is 10.1. The van der Waals surface area contributed by atoms with Gasteiger partial charge in [0.05, 0.1) is 6.10 Å². The van der Waals surface area contributed by atoms with Gasteiger partial charge in [0, 0.05) is 6.04 Å². The van der Waals surface area contributed by atoms with Gasteiger partial charge in [-0.2, -0.15) is 0 Å². The highest BCUT2D eigenvalue weighted by Crippen LogP contribution is 2.36. The fourth-order valence-electron chi connectivity index (χ4n) is 3.38. The van der Waals surface area contributed by atoms with Crippen LogP contribution in [0.3, 0.4) is 0 Å². The Hall–Kier alpha value is -0.0800. The third-order valence-electron chi connectivity index (χ3n) is 4.39. The Bertz CT molecular complexity index is 195. The monoisotopic (exact) mass is 211 g/mol. The molecule has 2 saturated carbocycles. The van der Waals surface area contributed by atoms with Crippen molar-refractivity contribution in [2.24, 2.45) is 17.6 Å². The molecule has 3 N–H and O–H groups in total. The highest BCUT2D eigenvalue weighted by atomic mass is 16.3. The standard InChI is InChI=1S/C13H25NO/c14-12-6-2-4-10-3-1-5-11(9-10)13(15)8-7-12/h10-13,15H,1-9,14H2. The summed E-state index contributed by atoms with van der Waals surface area (Å²) >= 11 is 0. The molecule has 0 saturated heterocycles. The average Bonchev–Trinajstić information content (AvgIpc) is 2.25. The number of aliphatic hydroxyl groups excluding tert-OH is 1. The Labute approximate surface area is 93.2 Å². The lowest BCUT2D eigenvalue weighted by atomic mass is 9.75. The van der Waals surface area contributed by atoms with E-state index in [1.165, 1.54) is 38.5 Å². The van der Waals surface area contributed by atoms with E-state index in [9.17, 15) is 5.11 Å². The van der Waals surface area contributed by atoms with Crippen LogP contribution in [0.25, 0.3) is 0 Å². The number of hydrogen-bond acceptors (Lipinski definition) is 2. The van der Waals surface area contributed by atoms with Crippen molar-refractivity contribution >= 4 is 0 Å². The molecule has 0 aromatic heterocycles. The van der Waals surface area contributed by atoms with E-state index in [4.69, 9.17) is 5.73 Å². The van der Waals surface area contributed by atoms with Crippen LogP contribution >= 0.6 is 0 Å². The molecule has 0 aromatic rings. The third kappa shape index (κ3) is 3.18. The number of hydrogen-bond donors (Lipinski definition) is 2. The molecule has 0 aliphatic heterocycles. The smallest absolute Gasteiger partial charge is 0.0569 e. The number of fused-ring (bicyclic) bond motifs is 2. The summed E-state index contributed by atoms with van der Waals surface area (Å²) in [5.41, 5.74) is 6.03. The van der Waals surface area contributed by atoms with Crippen molar-refractivity contribution in [3.05, 3.63) is 0 Å². The molecule has 0 aromatic carbocycles. The van der Waals surface area contributed by atoms with Gasteiger partial charge < -0.3 is 10.8 Å². The van der Waals surface area contributed by atoms with Crippen LogP contribution in [0, 0.1) is 11.8 Å². The molecule has 0 radical (unpaired) electrons. The van der Waals surface area contributed by atoms with Crippen LogP contribution in [0.15, 0.2) is 0 Å². The first-order chi connectivity index (χ1) is 7.25. The fraction of sp³-hybridized carbons (Fsp3) is 1.00. The number of rotatable bonds is 0. The molecule has 4 unspecified atom stereocenters. The molecule has 2 nitrogen and oxygen atoms in total. The summed E-state index contributed by atoms with van der Waals surface area (Å²) in [6.45, 7) is 0. The van der Waals surface area contributed by atoms with Gasteiger partial charge in [-0.1, -0.05) is 25.7 Å². The van der Waals surface area contributed by atoms with Crippen molar-refractivity contribution in [3.63, 3.8) is 0 Å². The van der Waals surface area contributed by atoms with E-state index in [-0.39, 0.29) is 6.10 Å². The Morgan fingerprint density at radius 3 is 2.40 bits per heavy atom. The number of nitrogens with two attached hydrogens (primary N) is 1. The quantitative estimate of drug-likeness (QED) is 0.646. The van der Waals surface area contributed by atoms with Crippen LogP contribution in [0.5, 0.6) is 0 Å². The van der Waals surface area contributed by atoms with E-state index in [0.717, 1.165) is 25.2 Å². The summed E-state index contributed by atoms with van der Waals surface area (Å²) in [5.74, 6) is 1.46. The molecule has 15 heavy (non-hydrogen) atoms. The SMILES string of the molecule is NC1CCCC2CCCC(C2)C(O)CC1. The molecule has 0 spiro atoms. The second-order valence-electron chi connectivity index (χ2n) is 5.63. The van der Waals surface area contributed by atoms with E-state index in [0.29, 0.717) is 12.0 Å². The van der Waals surface area contributed by atoms with Crippen LogP contribution < -0.4 is 5.73 Å². The summed E-state index contributed by atoms with van der Waals surface area (Å²) in [4.78, 5) is 0. The summed E-state index contributed by atoms with van der Waals surface area (Å²) in [6, 6.07) is 0.332. The van der Waals surface area contributed by atoms with Crippen molar-refractivity contribution in [1.82, 2.24) is 0 Å². The van der Waals surface area contributed by atoms with E-state index in [1.807, 2.05) is 0 Å². The third-order valence-corrected chi connectivity index (χ3v) is 4.39. The van der Waals surface area contributed by atoms with Gasteiger partial charge in [-0.05, 0) is 43.9 Å². The van der Waals surface area contributed by atoms with Crippen molar-refractivity contribution in [2.75, 3.05) is 0 Å². The van der Waals surface area contributed by atoms with Gasteiger partial charge in [-0.3, -0.25) is 0 Å². The largest absolute Gasteiger partial charge is 0.393 e. The van der Waals surface area contributed by atoms with Crippen LogP contribution in [-0.4, -0.2) is 17.3 Å². The molecule has 4 atom stereocenters. The van der Waals surface area contributed by atoms with Crippen molar-refractivity contribution in [2.45, 2.75) is 69.9 Å². The first-order valence-electron chi connectivity index (χ1n) is 6.69. The Kier molecular flexibility index (Phi) is 4.04. The molecule has 2 aliphatic carbocycles. The highest BCUT2D eigenvalue weighted by molar-refractivity contribution is 4.81. The molecule has 2 fully saturated rings. The molecule has 2 heteroatoms. The van der Waals surface area contributed by atoms with Crippen LogP contribution in [0.2, 0.25) is 0 Å². The van der Waals surface area contributed by atoms with Crippen LogP contribution in [0.4, 0.5) is 0 Å². The van der Waals surface area contributed by atoms with Gasteiger partial charge in [0.15, 0.2) is 0 Å². The second-order valence-corrected chi connectivity index (χ2v) is 5.63. The van der Waals surface area contributed by atoms with Gasteiger partial charge in [0.2, 0.25) is 0 Å². The molecule has 0 amide bonds. The van der Waals surface area contributed by atoms with Crippen molar-refractivity contribution in [1.29, 1.82) is 0 Å². The molecule has 2 aliphatic rings. The Morgan fingerprint density at radius 1 is 0.867 bits per heavy atom. The normalized spacial score (nSPS) is 43.6. The first-order valence-corrected chi connectivity index (χ1v) is 6.69. The fourth-order valence-corrected chi connectivity index (χ4v) is 3.38. The average molecular weight is 211 g/mol. The predicted molar refractivity (Wildman–Crippen MR) is 62.5 cm³/mol. The van der Waals surface area contributed by atoms with Crippen molar-refractivity contribution in [3.8, 4) is 0 Å². The number of aliphatic hydroxyl groups is 1. The lowest BCUT2D eigenvalue weighted by Gasteiger charge is -2.34. The zero-order valence-corrected chi connectivity index (χ0v) is 9.70. The summed E-state index contributed by atoms with van der Waals surface area (Å²) in [7, 11) is 0. The van der Waals surface area contributed by atoms with Crippen molar-refractivity contribution < 1.29 is 5.11 Å². The Balaban J connectivity index is 1.94. The van der Waals surface area contributed by atoms with Gasteiger partial charge in [-0.15, -0.1) is 0 Å². The zero-order chi connectivity index (χ0) is 10.7. The minimum atomic E-state index is -0.0723. The summed E-state index contributed by atoms with van der Waals surface area (Å²) in [5, 5.41) is 10.1. The molecule has 88 valence electrons. The van der Waals surface area contributed by atoms with Crippen LogP contribution in [0.1, 0.15) is 57.8 Å². The first kappa shape index (κ1) is 11.4. The van der Waals surface area contributed by atoms with E-state index in [2.05, 4.69) is 0 Å². The second kappa shape index (κ2) is 5.31. The minimum absolute atomic E-state index is 0.0723. The molecule has 2 rings (SSSR count). The molecule has 0 heterocycles. The van der Waals surface area contributed by atoms with E-state index in [1.54, 1.807) is 0 Å². The molecular formula is C13H25NO. The van der Waals surface area contributed by atoms with Gasteiger partial charge in [-0.25, -0.2) is 0 Å². The van der Waals surface area contributed by atoms with Gasteiger partial charge in [0.25, 0.3) is 0 Å². The topological polar surface area (TPSA) is 46.2 Å². The lowest BCUT2D eigenvalue weighted by Crippen LogP contribution is -2.31. The lowest BCUT2D eigenvalue weighted by molar-refractivity contribution is 0.0539. The minimum Gasteiger partial charge on any atom is -0.393 e. The van der Waals surface area contributed by atoms with Gasteiger partial charge in [0.1, 0.15) is 0 Å². The van der Waals surface area contributed by atoms with Gasteiger partial charge >= 0.3 is 0 Å². The maximum Gasteiger partial charge on any atom is 0.0569 e. The van der Waals surface area contributed by atoms with E-state index >= 15 is 0 Å². The molecular weight excluding hydrogens is 186 g/mol. The maximum absolute atomic E-state index is 10.1.